The van der Waals surface area contributed by atoms with Gasteiger partial charge in [-0.1, -0.05) is 0 Å². The fourth-order valence-corrected chi connectivity index (χ4v) is 3.77. The average molecular weight is 402 g/mol. The van der Waals surface area contributed by atoms with Gasteiger partial charge in [0.2, 0.25) is 5.91 Å². The number of aromatic nitrogens is 1. The molecule has 9 nitrogen and oxygen atoms in total. The van der Waals surface area contributed by atoms with Gasteiger partial charge in [-0.25, -0.2) is 4.79 Å². The Kier molecular flexibility index (Phi) is 5.90. The summed E-state index contributed by atoms with van der Waals surface area (Å²) >= 11 is 0. The van der Waals surface area contributed by atoms with E-state index < -0.39 is 18.0 Å². The summed E-state index contributed by atoms with van der Waals surface area (Å²) in [5.41, 5.74) is 1.49. The smallest absolute Gasteiger partial charge is 0.335 e. The van der Waals surface area contributed by atoms with Gasteiger partial charge >= 0.3 is 11.9 Å². The number of carbonyl (C=O) groups excluding carboxylic acids is 1. The molecule has 0 saturated carbocycles. The summed E-state index contributed by atoms with van der Waals surface area (Å²) in [6.07, 6.45) is 1.76. The Labute approximate surface area is 168 Å². The van der Waals surface area contributed by atoms with Gasteiger partial charge in [0.25, 0.3) is 0 Å². The first-order valence-corrected chi connectivity index (χ1v) is 9.40. The molecule has 0 spiro atoms. The highest BCUT2D eigenvalue weighted by molar-refractivity contribution is 5.96. The van der Waals surface area contributed by atoms with Gasteiger partial charge in [-0.3, -0.25) is 19.4 Å². The number of carboxylic acids is 2. The number of carboxylic acid groups (broad SMARTS) is 2. The van der Waals surface area contributed by atoms with Gasteiger partial charge in [0.05, 0.1) is 12.1 Å². The Hall–Kier alpha value is -2.91. The number of hydrogen-bond acceptors (Lipinski definition) is 5. The first kappa shape index (κ1) is 20.8. The molecule has 1 saturated heterocycles. The Bertz CT molecular complexity index is 944. The molecule has 1 atom stereocenters. The molecule has 0 aliphatic carbocycles. The molecule has 1 aromatic carbocycles. The number of rotatable bonds is 6. The number of amides is 1. The number of hydrogen-bond donors (Lipinski definition) is 2. The summed E-state index contributed by atoms with van der Waals surface area (Å²) in [4.78, 5) is 40.9. The fraction of sp³-hybridized carbons (Fsp3) is 0.450. The molecular weight excluding hydrogens is 376 g/mol. The van der Waals surface area contributed by atoms with E-state index in [2.05, 4.69) is 0 Å². The summed E-state index contributed by atoms with van der Waals surface area (Å²) in [6.45, 7) is 2.51. The van der Waals surface area contributed by atoms with Crippen LogP contribution >= 0.6 is 0 Å². The van der Waals surface area contributed by atoms with Gasteiger partial charge in [-0.05, 0) is 18.2 Å². The third-order valence-electron chi connectivity index (χ3n) is 5.43. The van der Waals surface area contributed by atoms with Gasteiger partial charge in [0, 0.05) is 70.0 Å². The van der Waals surface area contributed by atoms with Crippen molar-refractivity contribution < 1.29 is 24.6 Å². The van der Waals surface area contributed by atoms with Crippen LogP contribution in [-0.2, 0) is 16.6 Å². The van der Waals surface area contributed by atoms with Crippen LogP contribution in [0, 0.1) is 0 Å². The molecule has 1 aliphatic heterocycles. The fourth-order valence-electron chi connectivity index (χ4n) is 3.77. The van der Waals surface area contributed by atoms with Crippen LogP contribution in [0.3, 0.4) is 0 Å². The van der Waals surface area contributed by atoms with Gasteiger partial charge in [0.1, 0.15) is 6.04 Å². The molecule has 2 N–H and O–H groups in total. The summed E-state index contributed by atoms with van der Waals surface area (Å²) in [5, 5.41) is 19.9. The van der Waals surface area contributed by atoms with Crippen molar-refractivity contribution in [3.8, 4) is 0 Å². The highest BCUT2D eigenvalue weighted by Crippen LogP contribution is 2.31. The van der Waals surface area contributed by atoms with Crippen LogP contribution in [0.15, 0.2) is 24.4 Å². The molecule has 1 aromatic heterocycles. The number of likely N-dealkylation sites (N-methyl/N-ethyl adjacent to an activating group) is 1. The van der Waals surface area contributed by atoms with E-state index in [0.717, 1.165) is 5.52 Å². The number of piperazine rings is 1. The zero-order valence-electron chi connectivity index (χ0n) is 16.8. The van der Waals surface area contributed by atoms with Crippen molar-refractivity contribution in [2.45, 2.75) is 6.04 Å². The largest absolute Gasteiger partial charge is 0.480 e. The molecule has 1 amide bonds. The van der Waals surface area contributed by atoms with E-state index in [4.69, 9.17) is 0 Å². The predicted molar refractivity (Wildman–Crippen MR) is 107 cm³/mol. The van der Waals surface area contributed by atoms with Gasteiger partial charge in [-0.15, -0.1) is 0 Å². The molecule has 2 aromatic rings. The molecular formula is C20H26N4O5. The third kappa shape index (κ3) is 4.25. The summed E-state index contributed by atoms with van der Waals surface area (Å²) in [6, 6.07) is 3.88. The van der Waals surface area contributed by atoms with Crippen molar-refractivity contribution in [3.63, 3.8) is 0 Å². The molecule has 1 fully saturated rings. The van der Waals surface area contributed by atoms with Gasteiger partial charge in [0.15, 0.2) is 0 Å². The highest BCUT2D eigenvalue weighted by Gasteiger charge is 2.33. The first-order chi connectivity index (χ1) is 13.7. The number of benzene rings is 1. The maximum atomic E-state index is 12.2. The quantitative estimate of drug-likeness (QED) is 0.733. The highest BCUT2D eigenvalue weighted by atomic mass is 16.4. The standard InChI is InChI=1S/C20H26N4O5/c1-21(2)17(25)12-23-6-8-24(9-7-23)18(20(28)29)15-11-22(3)16-5-4-13(19(26)27)10-14(15)16/h4-5,10-11,18H,6-9,12H2,1-3H3,(H,26,27)(H,28,29)/t18-/m1/s1. The Morgan fingerprint density at radius 1 is 1.10 bits per heavy atom. The lowest BCUT2D eigenvalue weighted by Crippen LogP contribution is -2.51. The first-order valence-electron chi connectivity index (χ1n) is 9.40. The molecule has 2 heterocycles. The molecule has 156 valence electrons. The molecule has 0 bridgehead atoms. The number of fused-ring (bicyclic) bond motifs is 1. The predicted octanol–water partition coefficient (Wildman–Crippen LogP) is 0.708. The minimum absolute atomic E-state index is 0.0171. The number of aliphatic carboxylic acids is 1. The van der Waals surface area contributed by atoms with Crippen molar-refractivity contribution in [1.82, 2.24) is 19.3 Å². The van der Waals surface area contributed by atoms with Crippen LogP contribution in [0.5, 0.6) is 0 Å². The van der Waals surface area contributed by atoms with Crippen LogP contribution in [0.2, 0.25) is 0 Å². The van der Waals surface area contributed by atoms with E-state index >= 15 is 0 Å². The lowest BCUT2D eigenvalue weighted by Gasteiger charge is -2.37. The van der Waals surface area contributed by atoms with Crippen molar-refractivity contribution in [2.75, 3.05) is 46.8 Å². The van der Waals surface area contributed by atoms with E-state index in [-0.39, 0.29) is 11.5 Å². The number of aryl methyl sites for hydroxylation is 1. The van der Waals surface area contributed by atoms with Crippen molar-refractivity contribution in [1.29, 1.82) is 0 Å². The Morgan fingerprint density at radius 3 is 2.31 bits per heavy atom. The monoisotopic (exact) mass is 402 g/mol. The number of carbonyl (C=O) groups is 3. The minimum atomic E-state index is -1.05. The van der Waals surface area contributed by atoms with Crippen molar-refractivity contribution in [2.24, 2.45) is 7.05 Å². The second-order valence-corrected chi connectivity index (χ2v) is 7.57. The van der Waals surface area contributed by atoms with Crippen LogP contribution < -0.4 is 0 Å². The molecule has 0 radical (unpaired) electrons. The molecule has 1 aliphatic rings. The SMILES string of the molecule is CN(C)C(=O)CN1CCN([C@@H](C(=O)O)c2cn(C)c3ccc(C(=O)O)cc23)CC1. The lowest BCUT2D eigenvalue weighted by atomic mass is 10.0. The van der Waals surface area contributed by atoms with Crippen molar-refractivity contribution >= 4 is 28.7 Å². The van der Waals surface area contributed by atoms with E-state index in [9.17, 15) is 24.6 Å². The summed E-state index contributed by atoms with van der Waals surface area (Å²) in [5.74, 6) is -2.01. The topological polar surface area (TPSA) is 106 Å². The second kappa shape index (κ2) is 8.22. The van der Waals surface area contributed by atoms with Crippen molar-refractivity contribution in [3.05, 3.63) is 35.5 Å². The molecule has 0 unspecified atom stereocenters. The lowest BCUT2D eigenvalue weighted by molar-refractivity contribution is -0.145. The maximum absolute atomic E-state index is 12.2. The zero-order valence-corrected chi connectivity index (χ0v) is 16.8. The molecule has 9 heteroatoms. The maximum Gasteiger partial charge on any atom is 0.335 e. The zero-order chi connectivity index (χ0) is 21.3. The number of nitrogens with zero attached hydrogens (tertiary/aromatic N) is 4. The van der Waals surface area contributed by atoms with E-state index in [1.807, 2.05) is 21.4 Å². The van der Waals surface area contributed by atoms with Crippen LogP contribution in [0.1, 0.15) is 22.0 Å². The van der Waals surface area contributed by atoms with Crippen LogP contribution in [0.25, 0.3) is 10.9 Å². The van der Waals surface area contributed by atoms with E-state index in [0.29, 0.717) is 43.7 Å². The number of aromatic carboxylic acids is 1. The normalized spacial score (nSPS) is 16.7. The Morgan fingerprint density at radius 2 is 1.76 bits per heavy atom. The molecule has 29 heavy (non-hydrogen) atoms. The summed E-state index contributed by atoms with van der Waals surface area (Å²) < 4.78 is 1.82. The van der Waals surface area contributed by atoms with Crippen LogP contribution in [0.4, 0.5) is 0 Å². The van der Waals surface area contributed by atoms with Crippen LogP contribution in [-0.4, -0.2) is 94.1 Å². The van der Waals surface area contributed by atoms with Gasteiger partial charge in [-0.2, -0.15) is 0 Å². The average Bonchev–Trinajstić information content (AvgIpc) is 2.98. The van der Waals surface area contributed by atoms with E-state index in [1.165, 1.54) is 12.1 Å². The molecule has 3 rings (SSSR count). The third-order valence-corrected chi connectivity index (χ3v) is 5.43. The van der Waals surface area contributed by atoms with E-state index in [1.54, 1.807) is 31.3 Å². The Balaban J connectivity index is 1.86. The summed E-state index contributed by atoms with van der Waals surface area (Å²) in [7, 11) is 5.24. The second-order valence-electron chi connectivity index (χ2n) is 7.57. The van der Waals surface area contributed by atoms with Gasteiger partial charge < -0.3 is 19.7 Å². The minimum Gasteiger partial charge on any atom is -0.480 e.